The van der Waals surface area contributed by atoms with Gasteiger partial charge >= 0.3 is 0 Å². The van der Waals surface area contributed by atoms with Crippen LogP contribution < -0.4 is 15.8 Å². The quantitative estimate of drug-likeness (QED) is 0.559. The number of para-hydroxylation sites is 1. The molecule has 0 bridgehead atoms. The number of guanidine groups is 1. The standard InChI is InChI=1S/C16H24N4O2/c1-20-8-7-16(21,11-20)10-18-15(17)19-13-6-9-22-14-5-3-2-4-12(13)14/h2-5,13,21H,6-11H2,1H3,(H3,17,18,19). The zero-order chi connectivity index (χ0) is 15.6. The van der Waals surface area contributed by atoms with Gasteiger partial charge in [0.2, 0.25) is 0 Å². The summed E-state index contributed by atoms with van der Waals surface area (Å²) in [5, 5.41) is 13.7. The Balaban J connectivity index is 1.62. The molecule has 2 aliphatic heterocycles. The molecule has 0 radical (unpaired) electrons. The van der Waals surface area contributed by atoms with E-state index in [1.54, 1.807) is 0 Å². The first-order chi connectivity index (χ1) is 10.6. The van der Waals surface area contributed by atoms with E-state index < -0.39 is 5.60 Å². The molecule has 120 valence electrons. The molecule has 1 aromatic rings. The molecule has 1 fully saturated rings. The van der Waals surface area contributed by atoms with Crippen molar-refractivity contribution in [1.29, 1.82) is 0 Å². The predicted octanol–water partition coefficient (Wildman–Crippen LogP) is 0.481. The number of aliphatic imine (C=N–C) groups is 1. The second kappa shape index (κ2) is 6.14. The lowest BCUT2D eigenvalue weighted by Gasteiger charge is -2.27. The van der Waals surface area contributed by atoms with E-state index in [-0.39, 0.29) is 6.04 Å². The average molecular weight is 304 g/mol. The van der Waals surface area contributed by atoms with E-state index in [1.165, 1.54) is 0 Å². The Morgan fingerprint density at radius 1 is 1.55 bits per heavy atom. The number of benzene rings is 1. The van der Waals surface area contributed by atoms with Crippen LogP contribution in [0.3, 0.4) is 0 Å². The molecule has 0 amide bonds. The molecular weight excluding hydrogens is 280 g/mol. The van der Waals surface area contributed by atoms with Crippen molar-refractivity contribution in [2.75, 3.05) is 33.3 Å². The van der Waals surface area contributed by atoms with Crippen molar-refractivity contribution in [3.8, 4) is 5.75 Å². The molecular formula is C16H24N4O2. The second-order valence-electron chi connectivity index (χ2n) is 6.29. The maximum Gasteiger partial charge on any atom is 0.189 e. The van der Waals surface area contributed by atoms with Crippen LogP contribution in [0.25, 0.3) is 0 Å². The summed E-state index contributed by atoms with van der Waals surface area (Å²) in [5.41, 5.74) is 6.35. The summed E-state index contributed by atoms with van der Waals surface area (Å²) in [7, 11) is 2.00. The number of fused-ring (bicyclic) bond motifs is 1. The molecule has 0 aromatic heterocycles. The zero-order valence-corrected chi connectivity index (χ0v) is 13.0. The lowest BCUT2D eigenvalue weighted by molar-refractivity contribution is 0.0614. The maximum absolute atomic E-state index is 10.4. The smallest absolute Gasteiger partial charge is 0.189 e. The van der Waals surface area contributed by atoms with Crippen molar-refractivity contribution in [2.45, 2.75) is 24.5 Å². The second-order valence-corrected chi connectivity index (χ2v) is 6.29. The molecule has 2 atom stereocenters. The third-order valence-corrected chi connectivity index (χ3v) is 4.35. The van der Waals surface area contributed by atoms with Gasteiger partial charge in [0.1, 0.15) is 5.75 Å². The van der Waals surface area contributed by atoms with Gasteiger partial charge in [-0.25, -0.2) is 0 Å². The Morgan fingerprint density at radius 3 is 3.14 bits per heavy atom. The summed E-state index contributed by atoms with van der Waals surface area (Å²) in [6.07, 6.45) is 1.58. The van der Waals surface area contributed by atoms with Crippen molar-refractivity contribution in [3.63, 3.8) is 0 Å². The number of rotatable bonds is 3. The molecule has 0 spiro atoms. The third kappa shape index (κ3) is 3.34. The molecule has 0 saturated carbocycles. The van der Waals surface area contributed by atoms with Crippen molar-refractivity contribution >= 4 is 5.96 Å². The van der Waals surface area contributed by atoms with Crippen LogP contribution >= 0.6 is 0 Å². The highest BCUT2D eigenvalue weighted by Gasteiger charge is 2.34. The molecule has 22 heavy (non-hydrogen) atoms. The molecule has 6 nitrogen and oxygen atoms in total. The van der Waals surface area contributed by atoms with Gasteiger partial charge in [0.25, 0.3) is 0 Å². The fourth-order valence-electron chi connectivity index (χ4n) is 3.14. The first-order valence-electron chi connectivity index (χ1n) is 7.75. The third-order valence-electron chi connectivity index (χ3n) is 4.35. The van der Waals surface area contributed by atoms with Crippen molar-refractivity contribution in [2.24, 2.45) is 10.7 Å². The lowest BCUT2D eigenvalue weighted by Crippen LogP contribution is -2.40. The van der Waals surface area contributed by atoms with Crippen LogP contribution in [-0.4, -0.2) is 54.9 Å². The number of nitrogens with two attached hydrogens (primary N) is 1. The molecule has 6 heteroatoms. The van der Waals surface area contributed by atoms with Gasteiger partial charge in [0.05, 0.1) is 24.8 Å². The number of hydrogen-bond acceptors (Lipinski definition) is 4. The number of nitrogens with zero attached hydrogens (tertiary/aromatic N) is 2. The number of aliphatic hydroxyl groups is 1. The van der Waals surface area contributed by atoms with Crippen LogP contribution in [0.1, 0.15) is 24.4 Å². The van der Waals surface area contributed by atoms with Gasteiger partial charge in [-0.1, -0.05) is 18.2 Å². The first-order valence-corrected chi connectivity index (χ1v) is 7.75. The van der Waals surface area contributed by atoms with Gasteiger partial charge in [-0.05, 0) is 19.5 Å². The summed E-state index contributed by atoms with van der Waals surface area (Å²) in [4.78, 5) is 6.45. The summed E-state index contributed by atoms with van der Waals surface area (Å²) >= 11 is 0. The van der Waals surface area contributed by atoms with Crippen molar-refractivity contribution < 1.29 is 9.84 Å². The fraction of sp³-hybridized carbons (Fsp3) is 0.562. The first kappa shape index (κ1) is 15.1. The number of likely N-dealkylation sites (N-methyl/N-ethyl adjacent to an activating group) is 1. The Bertz CT molecular complexity index is 563. The molecule has 3 rings (SSSR count). The summed E-state index contributed by atoms with van der Waals surface area (Å²) in [5.74, 6) is 1.28. The van der Waals surface area contributed by atoms with Gasteiger partial charge in [-0.15, -0.1) is 0 Å². The SMILES string of the molecule is CN1CCC(O)(CN=C(N)NC2CCOc3ccccc32)C1. The maximum atomic E-state index is 10.4. The van der Waals surface area contributed by atoms with Crippen molar-refractivity contribution in [3.05, 3.63) is 29.8 Å². The van der Waals surface area contributed by atoms with E-state index in [2.05, 4.69) is 15.2 Å². The van der Waals surface area contributed by atoms with Gasteiger partial charge in [-0.2, -0.15) is 0 Å². The topological polar surface area (TPSA) is 83.1 Å². The Labute approximate surface area is 131 Å². The Morgan fingerprint density at radius 2 is 2.36 bits per heavy atom. The summed E-state index contributed by atoms with van der Waals surface area (Å²) in [6.45, 7) is 2.54. The Hall–Kier alpha value is -1.79. The van der Waals surface area contributed by atoms with Gasteiger partial charge < -0.3 is 25.8 Å². The zero-order valence-electron chi connectivity index (χ0n) is 13.0. The van der Waals surface area contributed by atoms with E-state index in [9.17, 15) is 5.11 Å². The number of hydrogen-bond donors (Lipinski definition) is 3. The Kier molecular flexibility index (Phi) is 4.22. The largest absolute Gasteiger partial charge is 0.493 e. The number of likely N-dealkylation sites (tertiary alicyclic amines) is 1. The number of ether oxygens (including phenoxy) is 1. The normalized spacial score (nSPS) is 29.0. The fourth-order valence-corrected chi connectivity index (χ4v) is 3.14. The van der Waals surface area contributed by atoms with E-state index in [0.29, 0.717) is 25.7 Å². The van der Waals surface area contributed by atoms with E-state index in [0.717, 1.165) is 30.7 Å². The van der Waals surface area contributed by atoms with Crippen LogP contribution in [0.4, 0.5) is 0 Å². The molecule has 1 aromatic carbocycles. The molecule has 2 unspecified atom stereocenters. The molecule has 1 saturated heterocycles. The minimum absolute atomic E-state index is 0.106. The molecule has 2 aliphatic rings. The minimum Gasteiger partial charge on any atom is -0.493 e. The minimum atomic E-state index is -0.755. The summed E-state index contributed by atoms with van der Waals surface area (Å²) in [6, 6.07) is 8.07. The highest BCUT2D eigenvalue weighted by atomic mass is 16.5. The lowest BCUT2D eigenvalue weighted by atomic mass is 10.0. The number of nitrogens with one attached hydrogen (secondary N) is 1. The van der Waals surface area contributed by atoms with E-state index in [1.807, 2.05) is 31.3 Å². The predicted molar refractivity (Wildman–Crippen MR) is 86.0 cm³/mol. The van der Waals surface area contributed by atoms with Gasteiger partial charge in [0.15, 0.2) is 5.96 Å². The van der Waals surface area contributed by atoms with Crippen LogP contribution in [0, 0.1) is 0 Å². The van der Waals surface area contributed by atoms with Gasteiger partial charge in [0, 0.05) is 25.1 Å². The van der Waals surface area contributed by atoms with E-state index >= 15 is 0 Å². The monoisotopic (exact) mass is 304 g/mol. The highest BCUT2D eigenvalue weighted by molar-refractivity contribution is 5.78. The molecule has 0 aliphatic carbocycles. The molecule has 2 heterocycles. The molecule has 4 N–H and O–H groups in total. The van der Waals surface area contributed by atoms with Gasteiger partial charge in [-0.3, -0.25) is 4.99 Å². The number of β-amino-alcohol motifs (C(OH)–C–C–N with tert-alkyl or cyclic N) is 1. The van der Waals surface area contributed by atoms with E-state index in [4.69, 9.17) is 10.5 Å². The average Bonchev–Trinajstić information content (AvgIpc) is 2.86. The highest BCUT2D eigenvalue weighted by Crippen LogP contribution is 2.31. The van der Waals surface area contributed by atoms with Crippen molar-refractivity contribution in [1.82, 2.24) is 10.2 Å². The van der Waals surface area contributed by atoms with Crippen LogP contribution in [0.15, 0.2) is 29.3 Å². The van der Waals surface area contributed by atoms with Crippen LogP contribution in [0.2, 0.25) is 0 Å². The van der Waals surface area contributed by atoms with Crippen LogP contribution in [-0.2, 0) is 0 Å². The summed E-state index contributed by atoms with van der Waals surface area (Å²) < 4.78 is 5.64. The van der Waals surface area contributed by atoms with Crippen LogP contribution in [0.5, 0.6) is 5.75 Å².